The second kappa shape index (κ2) is 3.48. The fourth-order valence-electron chi connectivity index (χ4n) is 1.63. The molecule has 0 spiro atoms. The number of rotatable bonds is 2. The van der Waals surface area contributed by atoms with Gasteiger partial charge in [0.15, 0.2) is 17.6 Å². The molecule has 0 atom stereocenters. The van der Waals surface area contributed by atoms with Gasteiger partial charge in [-0.1, -0.05) is 0 Å². The topological polar surface area (TPSA) is 76.5 Å². The average molecular weight is 229 g/mol. The maximum Gasteiger partial charge on any atom is 0.263 e. The van der Waals surface area contributed by atoms with Gasteiger partial charge < -0.3 is 13.9 Å². The quantitative estimate of drug-likeness (QED) is 0.683. The molecule has 0 saturated heterocycles. The fraction of sp³-hybridized carbons (Fsp3) is 0. The summed E-state index contributed by atoms with van der Waals surface area (Å²) in [5.74, 6) is 0.628. The van der Waals surface area contributed by atoms with Crippen molar-refractivity contribution in [3.8, 4) is 17.4 Å². The van der Waals surface area contributed by atoms with Crippen LogP contribution < -0.4 is 0 Å². The molecule has 5 nitrogen and oxygen atoms in total. The predicted octanol–water partition coefficient (Wildman–Crippen LogP) is 2.61. The van der Waals surface area contributed by atoms with Crippen LogP contribution in [0, 0.1) is 0 Å². The number of oxazole rings is 1. The number of phenols is 1. The molecule has 3 rings (SSSR count). The zero-order valence-corrected chi connectivity index (χ0v) is 8.58. The van der Waals surface area contributed by atoms with Crippen molar-refractivity contribution in [2.75, 3.05) is 0 Å². The molecule has 0 bridgehead atoms. The van der Waals surface area contributed by atoms with Gasteiger partial charge in [-0.25, -0.2) is 4.98 Å². The molecule has 2 heterocycles. The number of carbonyl (C=O) groups excluding carboxylic acids is 1. The number of aromatic nitrogens is 1. The van der Waals surface area contributed by atoms with Gasteiger partial charge in [-0.05, 0) is 24.3 Å². The summed E-state index contributed by atoms with van der Waals surface area (Å²) in [5.41, 5.74) is 0.867. The molecule has 0 amide bonds. The van der Waals surface area contributed by atoms with Crippen LogP contribution in [0.3, 0.4) is 0 Å². The summed E-state index contributed by atoms with van der Waals surface area (Å²) >= 11 is 0. The van der Waals surface area contributed by atoms with E-state index >= 15 is 0 Å². The van der Waals surface area contributed by atoms with Crippen molar-refractivity contribution < 1.29 is 18.7 Å². The third-order valence-corrected chi connectivity index (χ3v) is 2.43. The molecule has 0 saturated carbocycles. The first-order chi connectivity index (χ1) is 8.29. The molecule has 2 aromatic heterocycles. The Kier molecular flexibility index (Phi) is 1.98. The zero-order valence-electron chi connectivity index (χ0n) is 8.58. The van der Waals surface area contributed by atoms with E-state index in [4.69, 9.17) is 8.83 Å². The maximum absolute atomic E-state index is 10.9. The maximum atomic E-state index is 10.9. The number of fused-ring (bicyclic) bond motifs is 1. The highest BCUT2D eigenvalue weighted by molar-refractivity contribution is 5.97. The summed E-state index contributed by atoms with van der Waals surface area (Å²) in [4.78, 5) is 15.0. The molecule has 0 aliphatic heterocycles. The largest absolute Gasteiger partial charge is 0.507 e. The first-order valence-corrected chi connectivity index (χ1v) is 4.91. The van der Waals surface area contributed by atoms with Gasteiger partial charge in [0, 0.05) is 0 Å². The molecular weight excluding hydrogens is 222 g/mol. The fourth-order valence-corrected chi connectivity index (χ4v) is 1.63. The third-order valence-electron chi connectivity index (χ3n) is 2.43. The van der Waals surface area contributed by atoms with E-state index in [1.165, 1.54) is 12.3 Å². The molecular formula is C12H7NO4. The molecule has 1 N–H and O–H groups in total. The van der Waals surface area contributed by atoms with Gasteiger partial charge in [0.25, 0.3) is 5.89 Å². The van der Waals surface area contributed by atoms with Gasteiger partial charge in [0.2, 0.25) is 0 Å². The minimum atomic E-state index is -0.119. The number of furan rings is 1. The van der Waals surface area contributed by atoms with E-state index in [9.17, 15) is 9.90 Å². The lowest BCUT2D eigenvalue weighted by molar-refractivity contribution is 0.112. The first-order valence-electron chi connectivity index (χ1n) is 4.91. The Hall–Kier alpha value is -2.56. The Morgan fingerprint density at radius 1 is 1.29 bits per heavy atom. The Morgan fingerprint density at radius 2 is 2.18 bits per heavy atom. The van der Waals surface area contributed by atoms with Crippen LogP contribution in [0.4, 0.5) is 0 Å². The van der Waals surface area contributed by atoms with Crippen molar-refractivity contribution in [3.05, 3.63) is 36.1 Å². The van der Waals surface area contributed by atoms with Gasteiger partial charge in [-0.3, -0.25) is 4.79 Å². The predicted molar refractivity (Wildman–Crippen MR) is 58.8 cm³/mol. The van der Waals surface area contributed by atoms with Crippen LogP contribution in [-0.2, 0) is 0 Å². The molecule has 1 aromatic carbocycles. The van der Waals surface area contributed by atoms with Crippen LogP contribution >= 0.6 is 0 Å². The summed E-state index contributed by atoms with van der Waals surface area (Å²) < 4.78 is 10.6. The van der Waals surface area contributed by atoms with Crippen molar-refractivity contribution in [2.24, 2.45) is 0 Å². The highest BCUT2D eigenvalue weighted by Crippen LogP contribution is 2.29. The second-order valence-electron chi connectivity index (χ2n) is 3.46. The van der Waals surface area contributed by atoms with Crippen molar-refractivity contribution in [1.29, 1.82) is 0 Å². The third kappa shape index (κ3) is 1.40. The van der Waals surface area contributed by atoms with E-state index in [0.29, 0.717) is 23.1 Å². The van der Waals surface area contributed by atoms with E-state index in [0.717, 1.165) is 0 Å². The Balaban J connectivity index is 2.29. The molecule has 17 heavy (non-hydrogen) atoms. The minimum Gasteiger partial charge on any atom is -0.507 e. The second-order valence-corrected chi connectivity index (χ2v) is 3.46. The van der Waals surface area contributed by atoms with Crippen LogP contribution in [0.25, 0.3) is 22.8 Å². The van der Waals surface area contributed by atoms with Crippen molar-refractivity contribution >= 4 is 17.4 Å². The lowest BCUT2D eigenvalue weighted by Gasteiger charge is -1.94. The molecule has 3 aromatic rings. The SMILES string of the molecule is O=Cc1c(O)ccc2oc(-c3ccco3)nc12. The van der Waals surface area contributed by atoms with Crippen LogP contribution in [0.2, 0.25) is 0 Å². The molecule has 0 aliphatic rings. The van der Waals surface area contributed by atoms with Crippen molar-refractivity contribution in [2.45, 2.75) is 0 Å². The number of hydrogen-bond acceptors (Lipinski definition) is 5. The Morgan fingerprint density at radius 3 is 2.88 bits per heavy atom. The number of aldehydes is 1. The summed E-state index contributed by atoms with van der Waals surface area (Å²) in [7, 11) is 0. The zero-order chi connectivity index (χ0) is 11.8. The molecule has 5 heteroatoms. The lowest BCUT2D eigenvalue weighted by Crippen LogP contribution is -1.83. The lowest BCUT2D eigenvalue weighted by atomic mass is 10.2. The smallest absolute Gasteiger partial charge is 0.263 e. The highest BCUT2D eigenvalue weighted by atomic mass is 16.4. The van der Waals surface area contributed by atoms with Gasteiger partial charge in [-0.15, -0.1) is 0 Å². The monoisotopic (exact) mass is 229 g/mol. The van der Waals surface area contributed by atoms with E-state index in [1.54, 1.807) is 18.2 Å². The normalized spacial score (nSPS) is 10.8. The molecule has 84 valence electrons. The minimum absolute atomic E-state index is 0.115. The average Bonchev–Trinajstić information content (AvgIpc) is 2.97. The van der Waals surface area contributed by atoms with Crippen molar-refractivity contribution in [1.82, 2.24) is 4.98 Å². The number of benzene rings is 1. The summed E-state index contributed by atoms with van der Waals surface area (Å²) in [6, 6.07) is 6.35. The van der Waals surface area contributed by atoms with Gasteiger partial charge in [0.1, 0.15) is 11.3 Å². The number of carbonyl (C=O) groups is 1. The van der Waals surface area contributed by atoms with E-state index in [-0.39, 0.29) is 17.2 Å². The summed E-state index contributed by atoms with van der Waals surface area (Å²) in [6.07, 6.45) is 2.05. The Bertz CT molecular complexity index is 682. The summed E-state index contributed by atoms with van der Waals surface area (Å²) in [6.45, 7) is 0. The van der Waals surface area contributed by atoms with Crippen LogP contribution in [-0.4, -0.2) is 16.4 Å². The Labute approximate surface area is 95.3 Å². The number of nitrogens with zero attached hydrogens (tertiary/aromatic N) is 1. The van der Waals surface area contributed by atoms with Gasteiger partial charge in [0.05, 0.1) is 11.8 Å². The van der Waals surface area contributed by atoms with Gasteiger partial charge >= 0.3 is 0 Å². The number of aromatic hydroxyl groups is 1. The molecule has 0 fully saturated rings. The van der Waals surface area contributed by atoms with E-state index in [2.05, 4.69) is 4.98 Å². The molecule has 0 radical (unpaired) electrons. The first kappa shape index (κ1) is 9.65. The van der Waals surface area contributed by atoms with Crippen LogP contribution in [0.5, 0.6) is 5.75 Å². The number of phenolic OH excluding ortho intramolecular Hbond substituents is 1. The van der Waals surface area contributed by atoms with Crippen LogP contribution in [0.15, 0.2) is 39.4 Å². The van der Waals surface area contributed by atoms with E-state index < -0.39 is 0 Å². The molecule has 0 aliphatic carbocycles. The highest BCUT2D eigenvalue weighted by Gasteiger charge is 2.15. The van der Waals surface area contributed by atoms with Gasteiger partial charge in [-0.2, -0.15) is 0 Å². The number of hydrogen-bond donors (Lipinski definition) is 1. The molecule has 0 unspecified atom stereocenters. The standard InChI is InChI=1S/C12H7NO4/c14-6-7-8(15)3-4-9-11(7)13-12(17-9)10-2-1-5-16-10/h1-6,15H. The van der Waals surface area contributed by atoms with Crippen LogP contribution in [0.1, 0.15) is 10.4 Å². The van der Waals surface area contributed by atoms with Crippen molar-refractivity contribution in [3.63, 3.8) is 0 Å². The van der Waals surface area contributed by atoms with E-state index in [1.807, 2.05) is 0 Å². The summed E-state index contributed by atoms with van der Waals surface area (Å²) in [5, 5.41) is 9.51.